The minimum Gasteiger partial charge on any atom is -0.462 e. The SMILES string of the molecule is CCCCCCCCCCCOC(=O)c1ccccc1C(=O)OCCCCCCCCCCC.CCCCCCOC(=O)c1ccccc1C(=O)OCCCCCC. The highest BCUT2D eigenvalue weighted by atomic mass is 16.5. The number of unbranched alkanes of at least 4 members (excludes halogenated alkanes) is 22. The number of carbonyl (C=O) groups excluding carboxylic acids is 4. The minimum atomic E-state index is -0.454. The van der Waals surface area contributed by atoms with E-state index in [1.807, 2.05) is 0 Å². The van der Waals surface area contributed by atoms with Crippen LogP contribution in [0.1, 0.15) is 236 Å². The molecule has 0 saturated heterocycles. The van der Waals surface area contributed by atoms with Gasteiger partial charge in [0.25, 0.3) is 0 Å². The molecule has 0 aliphatic carbocycles. The first kappa shape index (κ1) is 52.3. The Morgan fingerprint density at radius 2 is 0.466 bits per heavy atom. The lowest BCUT2D eigenvalue weighted by Crippen LogP contribution is -2.15. The number of hydrogen-bond donors (Lipinski definition) is 0. The number of ether oxygens (including phenoxy) is 4. The average Bonchev–Trinajstić information content (AvgIpc) is 3.24. The first-order valence-corrected chi connectivity index (χ1v) is 23.3. The van der Waals surface area contributed by atoms with Gasteiger partial charge in [-0.3, -0.25) is 0 Å². The van der Waals surface area contributed by atoms with Crippen molar-refractivity contribution in [3.63, 3.8) is 0 Å². The summed E-state index contributed by atoms with van der Waals surface area (Å²) >= 11 is 0. The van der Waals surface area contributed by atoms with Crippen molar-refractivity contribution in [3.05, 3.63) is 70.8 Å². The minimum absolute atomic E-state index is 0.284. The molecule has 8 heteroatoms. The monoisotopic (exact) mass is 809 g/mol. The molecule has 0 aromatic heterocycles. The van der Waals surface area contributed by atoms with Crippen molar-refractivity contribution in [2.24, 2.45) is 0 Å². The van der Waals surface area contributed by atoms with E-state index in [2.05, 4.69) is 27.7 Å². The molecule has 0 bridgehead atoms. The van der Waals surface area contributed by atoms with Crippen LogP contribution in [0, 0.1) is 0 Å². The fraction of sp³-hybridized carbons (Fsp3) is 0.680. The van der Waals surface area contributed by atoms with E-state index in [-0.39, 0.29) is 11.1 Å². The predicted octanol–water partition coefficient (Wildman–Crippen LogP) is 14.2. The maximum Gasteiger partial charge on any atom is 0.339 e. The van der Waals surface area contributed by atoms with Crippen molar-refractivity contribution < 1.29 is 38.1 Å². The van der Waals surface area contributed by atoms with E-state index in [1.54, 1.807) is 48.5 Å². The van der Waals surface area contributed by atoms with Crippen molar-refractivity contribution in [1.29, 1.82) is 0 Å². The van der Waals surface area contributed by atoms with Crippen molar-refractivity contribution in [3.8, 4) is 0 Å². The summed E-state index contributed by atoms with van der Waals surface area (Å²) in [5, 5.41) is 0. The molecule has 0 unspecified atom stereocenters. The number of carbonyl (C=O) groups is 4. The van der Waals surface area contributed by atoms with E-state index < -0.39 is 23.9 Å². The molecule has 2 aromatic rings. The normalized spacial score (nSPS) is 10.7. The summed E-state index contributed by atoms with van der Waals surface area (Å²) in [6.45, 7) is 10.3. The van der Waals surface area contributed by atoms with Gasteiger partial charge in [0.15, 0.2) is 0 Å². The highest BCUT2D eigenvalue weighted by Gasteiger charge is 2.20. The van der Waals surface area contributed by atoms with Gasteiger partial charge in [-0.1, -0.05) is 193 Å². The van der Waals surface area contributed by atoms with Crippen molar-refractivity contribution in [2.45, 2.75) is 195 Å². The smallest absolute Gasteiger partial charge is 0.339 e. The number of esters is 4. The van der Waals surface area contributed by atoms with Crippen LogP contribution in [0.2, 0.25) is 0 Å². The lowest BCUT2D eigenvalue weighted by Gasteiger charge is -2.10. The van der Waals surface area contributed by atoms with Crippen LogP contribution in [-0.2, 0) is 18.9 Å². The van der Waals surface area contributed by atoms with Gasteiger partial charge in [0, 0.05) is 0 Å². The van der Waals surface area contributed by atoms with Crippen molar-refractivity contribution in [1.82, 2.24) is 0 Å². The quantitative estimate of drug-likeness (QED) is 0.0391. The Labute approximate surface area is 352 Å². The molecule has 58 heavy (non-hydrogen) atoms. The highest BCUT2D eigenvalue weighted by Crippen LogP contribution is 2.16. The van der Waals surface area contributed by atoms with Crippen LogP contribution < -0.4 is 0 Å². The molecule has 0 heterocycles. The topological polar surface area (TPSA) is 105 Å². The predicted molar refractivity (Wildman–Crippen MR) is 237 cm³/mol. The Morgan fingerprint density at radius 3 is 0.672 bits per heavy atom. The number of benzene rings is 2. The zero-order valence-corrected chi connectivity index (χ0v) is 37.1. The maximum absolute atomic E-state index is 12.5. The Bertz CT molecular complexity index is 1240. The molecule has 328 valence electrons. The molecule has 0 atom stereocenters. The summed E-state index contributed by atoms with van der Waals surface area (Å²) in [5.74, 6) is -1.78. The van der Waals surface area contributed by atoms with Gasteiger partial charge in [-0.05, 0) is 49.9 Å². The fourth-order valence-corrected chi connectivity index (χ4v) is 6.53. The molecule has 8 nitrogen and oxygen atoms in total. The Balaban J connectivity index is 0.000000616. The summed E-state index contributed by atoms with van der Waals surface area (Å²) in [6, 6.07) is 13.5. The number of hydrogen-bond acceptors (Lipinski definition) is 8. The Hall–Kier alpha value is -3.68. The molecule has 2 rings (SSSR count). The van der Waals surface area contributed by atoms with Gasteiger partial charge in [0.1, 0.15) is 0 Å². The van der Waals surface area contributed by atoms with Crippen LogP contribution in [0.25, 0.3) is 0 Å². The zero-order chi connectivity index (χ0) is 42.3. The summed E-state index contributed by atoms with van der Waals surface area (Å²) < 4.78 is 21.4. The molecule has 0 saturated carbocycles. The van der Waals surface area contributed by atoms with Crippen LogP contribution in [0.4, 0.5) is 0 Å². The van der Waals surface area contributed by atoms with Crippen molar-refractivity contribution in [2.75, 3.05) is 26.4 Å². The van der Waals surface area contributed by atoms with E-state index in [0.29, 0.717) is 37.6 Å². The van der Waals surface area contributed by atoms with Crippen LogP contribution in [0.3, 0.4) is 0 Å². The largest absolute Gasteiger partial charge is 0.462 e. The summed E-state index contributed by atoms with van der Waals surface area (Å²) in [6.07, 6.45) is 30.3. The van der Waals surface area contributed by atoms with Crippen LogP contribution in [0.5, 0.6) is 0 Å². The number of rotatable bonds is 34. The van der Waals surface area contributed by atoms with E-state index in [1.165, 1.54) is 89.9 Å². The molecule has 0 aliphatic heterocycles. The molecule has 0 aliphatic rings. The molecule has 0 fully saturated rings. The third-order valence-electron chi connectivity index (χ3n) is 10.2. The zero-order valence-electron chi connectivity index (χ0n) is 37.1. The summed E-state index contributed by atoms with van der Waals surface area (Å²) in [4.78, 5) is 49.4. The molecule has 0 amide bonds. The van der Waals surface area contributed by atoms with Gasteiger partial charge in [-0.15, -0.1) is 0 Å². The van der Waals surface area contributed by atoms with Gasteiger partial charge in [0.05, 0.1) is 48.7 Å². The van der Waals surface area contributed by atoms with E-state index in [4.69, 9.17) is 18.9 Å². The highest BCUT2D eigenvalue weighted by molar-refractivity contribution is 6.03. The van der Waals surface area contributed by atoms with Crippen LogP contribution in [0.15, 0.2) is 48.5 Å². The molecule has 0 spiro atoms. The molecule has 0 radical (unpaired) electrons. The molecular weight excluding hydrogens is 729 g/mol. The molecule has 2 aromatic carbocycles. The van der Waals surface area contributed by atoms with Gasteiger partial charge < -0.3 is 18.9 Å². The third kappa shape index (κ3) is 26.3. The lowest BCUT2D eigenvalue weighted by molar-refractivity contribution is 0.0450. The Kier molecular flexibility index (Phi) is 33.9. The first-order valence-electron chi connectivity index (χ1n) is 23.3. The molecule has 0 N–H and O–H groups in total. The average molecular weight is 809 g/mol. The fourth-order valence-electron chi connectivity index (χ4n) is 6.53. The van der Waals surface area contributed by atoms with Gasteiger partial charge in [-0.2, -0.15) is 0 Å². The van der Waals surface area contributed by atoms with Gasteiger partial charge in [0.2, 0.25) is 0 Å². The summed E-state index contributed by atoms with van der Waals surface area (Å²) in [5.41, 5.74) is 1.17. The van der Waals surface area contributed by atoms with Gasteiger partial charge in [-0.25, -0.2) is 19.2 Å². The van der Waals surface area contributed by atoms with Crippen LogP contribution >= 0.6 is 0 Å². The Morgan fingerprint density at radius 1 is 0.293 bits per heavy atom. The summed E-state index contributed by atoms with van der Waals surface area (Å²) in [7, 11) is 0. The second-order valence-corrected chi connectivity index (χ2v) is 15.4. The van der Waals surface area contributed by atoms with E-state index >= 15 is 0 Å². The first-order chi connectivity index (χ1) is 28.4. The second kappa shape index (κ2) is 37.6. The lowest BCUT2D eigenvalue weighted by atomic mass is 10.1. The standard InChI is InChI=1S/C30H50O4.C20H30O4/c1-3-5-7-9-11-13-15-17-21-25-33-29(31)27-23-19-20-24-28(27)30(32)34-26-22-18-16-14-12-10-8-6-4-2;1-3-5-7-11-15-23-19(21)17-13-9-10-14-18(17)20(22)24-16-12-8-6-4-2/h19-20,23-24H,3-18,21-22,25-26H2,1-2H3;9-10,13-14H,3-8,11-12,15-16H2,1-2H3. The van der Waals surface area contributed by atoms with E-state index in [9.17, 15) is 19.2 Å². The van der Waals surface area contributed by atoms with Crippen molar-refractivity contribution >= 4 is 23.9 Å². The second-order valence-electron chi connectivity index (χ2n) is 15.4. The maximum atomic E-state index is 12.5. The third-order valence-corrected chi connectivity index (χ3v) is 10.2. The van der Waals surface area contributed by atoms with Crippen LogP contribution in [-0.4, -0.2) is 50.3 Å². The van der Waals surface area contributed by atoms with Gasteiger partial charge >= 0.3 is 23.9 Å². The molecular formula is C50H80O8. The van der Waals surface area contributed by atoms with E-state index in [0.717, 1.165) is 77.0 Å².